The van der Waals surface area contributed by atoms with Crippen LogP contribution in [0.15, 0.2) is 54.6 Å². The number of benzene rings is 2. The molecular formula is C21H25NO2. The van der Waals surface area contributed by atoms with E-state index in [0.29, 0.717) is 6.42 Å². The first-order chi connectivity index (χ1) is 11.5. The third-order valence-electron chi connectivity index (χ3n) is 4.87. The SMILES string of the molecule is CC(=O)CC1(O)CCCN(c2ccc(C)cc2)C1c1ccccc1. The first kappa shape index (κ1) is 16.7. The minimum atomic E-state index is -1.03. The average molecular weight is 323 g/mol. The number of aliphatic hydroxyl groups is 1. The number of ketones is 1. The van der Waals surface area contributed by atoms with Gasteiger partial charge in [0.1, 0.15) is 5.78 Å². The lowest BCUT2D eigenvalue weighted by Crippen LogP contribution is -2.52. The van der Waals surface area contributed by atoms with Crippen LogP contribution >= 0.6 is 0 Å². The van der Waals surface area contributed by atoms with Gasteiger partial charge in [0, 0.05) is 18.7 Å². The Kier molecular flexibility index (Phi) is 4.72. The molecule has 1 aliphatic rings. The predicted molar refractivity (Wildman–Crippen MR) is 97.2 cm³/mol. The van der Waals surface area contributed by atoms with E-state index < -0.39 is 5.60 Å². The van der Waals surface area contributed by atoms with Crippen molar-refractivity contribution >= 4 is 11.5 Å². The van der Waals surface area contributed by atoms with Gasteiger partial charge in [-0.05, 0) is 44.4 Å². The van der Waals surface area contributed by atoms with Gasteiger partial charge in [0.05, 0.1) is 11.6 Å². The van der Waals surface area contributed by atoms with Crippen LogP contribution in [-0.2, 0) is 4.79 Å². The molecule has 3 nitrogen and oxygen atoms in total. The first-order valence-corrected chi connectivity index (χ1v) is 8.60. The second-order valence-corrected chi connectivity index (χ2v) is 6.93. The number of carbonyl (C=O) groups excluding carboxylic acids is 1. The van der Waals surface area contributed by atoms with E-state index in [0.717, 1.165) is 24.2 Å². The van der Waals surface area contributed by atoms with Crippen molar-refractivity contribution in [3.05, 3.63) is 65.7 Å². The fourth-order valence-corrected chi connectivity index (χ4v) is 3.87. The van der Waals surface area contributed by atoms with Crippen molar-refractivity contribution in [1.82, 2.24) is 0 Å². The standard InChI is InChI=1S/C21H25NO2/c1-16-9-11-19(12-10-16)22-14-6-13-21(24,15-17(2)23)20(22)18-7-4-3-5-8-18/h3-5,7-12,20,24H,6,13-15H2,1-2H3. The highest BCUT2D eigenvalue weighted by Gasteiger charge is 2.44. The Hall–Kier alpha value is -2.13. The third kappa shape index (κ3) is 3.36. The van der Waals surface area contributed by atoms with Gasteiger partial charge >= 0.3 is 0 Å². The smallest absolute Gasteiger partial charge is 0.132 e. The number of hydrogen-bond acceptors (Lipinski definition) is 3. The Bertz CT molecular complexity index is 696. The van der Waals surface area contributed by atoms with Crippen molar-refractivity contribution in [2.75, 3.05) is 11.4 Å². The number of piperidine rings is 1. The van der Waals surface area contributed by atoms with E-state index >= 15 is 0 Å². The number of anilines is 1. The lowest BCUT2D eigenvalue weighted by atomic mass is 9.77. The molecule has 2 aromatic rings. The van der Waals surface area contributed by atoms with Gasteiger partial charge in [-0.15, -0.1) is 0 Å². The molecule has 24 heavy (non-hydrogen) atoms. The van der Waals surface area contributed by atoms with E-state index in [9.17, 15) is 9.90 Å². The van der Waals surface area contributed by atoms with Crippen molar-refractivity contribution in [2.45, 2.75) is 44.8 Å². The summed E-state index contributed by atoms with van der Waals surface area (Å²) in [5.74, 6) is 0.0317. The minimum absolute atomic E-state index is 0.0317. The number of aryl methyl sites for hydroxylation is 1. The molecule has 3 rings (SSSR count). The molecule has 126 valence electrons. The van der Waals surface area contributed by atoms with Crippen molar-refractivity contribution in [1.29, 1.82) is 0 Å². The summed E-state index contributed by atoms with van der Waals surface area (Å²) in [5, 5.41) is 11.4. The molecule has 1 N–H and O–H groups in total. The Morgan fingerprint density at radius 3 is 2.46 bits per heavy atom. The summed E-state index contributed by atoms with van der Waals surface area (Å²) in [6.07, 6.45) is 1.71. The van der Waals surface area contributed by atoms with Gasteiger partial charge in [-0.1, -0.05) is 48.0 Å². The first-order valence-electron chi connectivity index (χ1n) is 8.60. The number of nitrogens with zero attached hydrogens (tertiary/aromatic N) is 1. The second kappa shape index (κ2) is 6.78. The van der Waals surface area contributed by atoms with Gasteiger partial charge in [0.25, 0.3) is 0 Å². The lowest BCUT2D eigenvalue weighted by Gasteiger charge is -2.48. The molecule has 0 bridgehead atoms. The van der Waals surface area contributed by atoms with E-state index in [1.807, 2.05) is 30.3 Å². The molecular weight excluding hydrogens is 298 g/mol. The number of hydrogen-bond donors (Lipinski definition) is 1. The maximum atomic E-state index is 11.8. The van der Waals surface area contributed by atoms with Crippen LogP contribution in [0.3, 0.4) is 0 Å². The van der Waals surface area contributed by atoms with E-state index in [-0.39, 0.29) is 18.2 Å². The summed E-state index contributed by atoms with van der Waals surface area (Å²) in [5.41, 5.74) is 2.33. The summed E-state index contributed by atoms with van der Waals surface area (Å²) in [6, 6.07) is 18.2. The normalized spacial score (nSPS) is 24.0. The molecule has 2 atom stereocenters. The molecule has 0 aliphatic carbocycles. The van der Waals surface area contributed by atoms with Crippen LogP contribution in [-0.4, -0.2) is 23.0 Å². The summed E-state index contributed by atoms with van der Waals surface area (Å²) in [6.45, 7) is 4.51. The molecule has 0 saturated carbocycles. The van der Waals surface area contributed by atoms with Gasteiger partial charge in [0.2, 0.25) is 0 Å². The largest absolute Gasteiger partial charge is 0.387 e. The van der Waals surface area contributed by atoms with Gasteiger partial charge < -0.3 is 10.0 Å². The van der Waals surface area contributed by atoms with Gasteiger partial charge in [-0.25, -0.2) is 0 Å². The molecule has 2 aromatic carbocycles. The number of carbonyl (C=O) groups is 1. The third-order valence-corrected chi connectivity index (χ3v) is 4.87. The average Bonchev–Trinajstić information content (AvgIpc) is 2.55. The number of Topliss-reactive ketones (excluding diaryl/α,β-unsaturated/α-hetero) is 1. The van der Waals surface area contributed by atoms with Gasteiger partial charge in [-0.3, -0.25) is 4.79 Å². The molecule has 3 heteroatoms. The fraction of sp³-hybridized carbons (Fsp3) is 0.381. The van der Waals surface area contributed by atoms with E-state index in [1.54, 1.807) is 6.92 Å². The summed E-state index contributed by atoms with van der Waals surface area (Å²) in [4.78, 5) is 14.1. The quantitative estimate of drug-likeness (QED) is 0.923. The Morgan fingerprint density at radius 1 is 1.17 bits per heavy atom. The predicted octanol–water partition coefficient (Wildman–Crippen LogP) is 4.05. The maximum absolute atomic E-state index is 11.8. The molecule has 0 aromatic heterocycles. The van der Waals surface area contributed by atoms with E-state index in [1.165, 1.54) is 5.56 Å². The van der Waals surface area contributed by atoms with Crippen molar-refractivity contribution < 1.29 is 9.90 Å². The molecule has 0 spiro atoms. The van der Waals surface area contributed by atoms with Crippen LogP contribution < -0.4 is 4.90 Å². The molecule has 0 amide bonds. The lowest BCUT2D eigenvalue weighted by molar-refractivity contribution is -0.124. The van der Waals surface area contributed by atoms with Gasteiger partial charge in [-0.2, -0.15) is 0 Å². The molecule has 1 heterocycles. The zero-order valence-electron chi connectivity index (χ0n) is 14.4. The topological polar surface area (TPSA) is 40.5 Å². The monoisotopic (exact) mass is 323 g/mol. The molecule has 1 aliphatic heterocycles. The molecule has 1 fully saturated rings. The zero-order valence-corrected chi connectivity index (χ0v) is 14.4. The summed E-state index contributed by atoms with van der Waals surface area (Å²) < 4.78 is 0. The van der Waals surface area contributed by atoms with E-state index in [2.05, 4.69) is 36.1 Å². The van der Waals surface area contributed by atoms with Crippen molar-refractivity contribution in [2.24, 2.45) is 0 Å². The summed E-state index contributed by atoms with van der Waals surface area (Å²) in [7, 11) is 0. The van der Waals surface area contributed by atoms with E-state index in [4.69, 9.17) is 0 Å². The highest BCUT2D eigenvalue weighted by Crippen LogP contribution is 2.43. The maximum Gasteiger partial charge on any atom is 0.132 e. The van der Waals surface area contributed by atoms with Crippen LogP contribution in [0, 0.1) is 6.92 Å². The van der Waals surface area contributed by atoms with Crippen molar-refractivity contribution in [3.63, 3.8) is 0 Å². The van der Waals surface area contributed by atoms with Crippen LogP contribution in [0.1, 0.15) is 43.4 Å². The number of rotatable bonds is 4. The minimum Gasteiger partial charge on any atom is -0.387 e. The van der Waals surface area contributed by atoms with Gasteiger partial charge in [0.15, 0.2) is 0 Å². The Morgan fingerprint density at radius 2 is 1.83 bits per heavy atom. The van der Waals surface area contributed by atoms with Crippen molar-refractivity contribution in [3.8, 4) is 0 Å². The molecule has 2 unspecified atom stereocenters. The van der Waals surface area contributed by atoms with Crippen LogP contribution in [0.25, 0.3) is 0 Å². The summed E-state index contributed by atoms with van der Waals surface area (Å²) >= 11 is 0. The highest BCUT2D eigenvalue weighted by molar-refractivity contribution is 5.77. The Labute approximate surface area is 143 Å². The molecule has 0 radical (unpaired) electrons. The van der Waals surface area contributed by atoms with Crippen LogP contribution in [0.5, 0.6) is 0 Å². The van der Waals surface area contributed by atoms with Crippen LogP contribution in [0.4, 0.5) is 5.69 Å². The fourth-order valence-electron chi connectivity index (χ4n) is 3.87. The van der Waals surface area contributed by atoms with Crippen LogP contribution in [0.2, 0.25) is 0 Å². The second-order valence-electron chi connectivity index (χ2n) is 6.93. The molecule has 1 saturated heterocycles. The Balaban J connectivity index is 2.05. The zero-order chi connectivity index (χ0) is 17.2. The highest BCUT2D eigenvalue weighted by atomic mass is 16.3.